The molecule has 0 aromatic heterocycles. The first-order valence-electron chi connectivity index (χ1n) is 11.4. The lowest BCUT2D eigenvalue weighted by atomic mass is 9.68. The van der Waals surface area contributed by atoms with E-state index < -0.39 is 6.36 Å². The minimum absolute atomic E-state index is 0.162. The van der Waals surface area contributed by atoms with Gasteiger partial charge >= 0.3 is 6.36 Å². The Morgan fingerprint density at radius 1 is 0.828 bits per heavy atom. The predicted molar refractivity (Wildman–Crippen MR) is 112 cm³/mol. The van der Waals surface area contributed by atoms with Crippen LogP contribution in [0.5, 0.6) is 5.75 Å². The van der Waals surface area contributed by atoms with Gasteiger partial charge in [-0.3, -0.25) is 0 Å². The summed E-state index contributed by atoms with van der Waals surface area (Å²) in [5.41, 5.74) is 1.00. The van der Waals surface area contributed by atoms with Crippen LogP contribution in [0, 0.1) is 23.7 Å². The summed E-state index contributed by atoms with van der Waals surface area (Å²) < 4.78 is 40.5. The van der Waals surface area contributed by atoms with Crippen LogP contribution >= 0.6 is 0 Å². The van der Waals surface area contributed by atoms with E-state index in [4.69, 9.17) is 0 Å². The Morgan fingerprint density at radius 3 is 1.90 bits per heavy atom. The van der Waals surface area contributed by atoms with E-state index in [1.54, 1.807) is 12.1 Å². The molecule has 0 spiro atoms. The van der Waals surface area contributed by atoms with Crippen molar-refractivity contribution in [2.45, 2.75) is 83.9 Å². The van der Waals surface area contributed by atoms with Crippen molar-refractivity contribution in [1.82, 2.24) is 0 Å². The number of rotatable bonds is 7. The van der Waals surface area contributed by atoms with Gasteiger partial charge in [0.2, 0.25) is 0 Å². The van der Waals surface area contributed by atoms with Crippen molar-refractivity contribution in [1.29, 1.82) is 0 Å². The molecular formula is C25H35F3O. The molecule has 2 fully saturated rings. The monoisotopic (exact) mass is 408 g/mol. The average molecular weight is 409 g/mol. The molecule has 0 unspecified atom stereocenters. The van der Waals surface area contributed by atoms with Gasteiger partial charge < -0.3 is 4.74 Å². The van der Waals surface area contributed by atoms with Crippen LogP contribution in [0.2, 0.25) is 0 Å². The van der Waals surface area contributed by atoms with Crippen molar-refractivity contribution in [2.24, 2.45) is 23.7 Å². The maximum absolute atomic E-state index is 12.2. The Kier molecular flexibility index (Phi) is 8.08. The topological polar surface area (TPSA) is 9.23 Å². The van der Waals surface area contributed by atoms with E-state index in [1.165, 1.54) is 69.9 Å². The highest BCUT2D eigenvalue weighted by atomic mass is 19.4. The van der Waals surface area contributed by atoms with E-state index in [9.17, 15) is 13.2 Å². The van der Waals surface area contributed by atoms with E-state index in [2.05, 4.69) is 23.8 Å². The van der Waals surface area contributed by atoms with Crippen LogP contribution < -0.4 is 4.74 Å². The zero-order valence-corrected chi connectivity index (χ0v) is 17.6. The predicted octanol–water partition coefficient (Wildman–Crippen LogP) is 8.10. The van der Waals surface area contributed by atoms with Crippen molar-refractivity contribution < 1.29 is 17.9 Å². The first-order valence-corrected chi connectivity index (χ1v) is 11.4. The van der Waals surface area contributed by atoms with E-state index >= 15 is 0 Å². The molecule has 2 aliphatic carbocycles. The molecule has 0 saturated heterocycles. The molecule has 0 bridgehead atoms. The lowest BCUT2D eigenvalue weighted by Crippen LogP contribution is -2.25. The third-order valence-electron chi connectivity index (χ3n) is 7.17. The lowest BCUT2D eigenvalue weighted by molar-refractivity contribution is -0.274. The molecule has 2 saturated carbocycles. The highest BCUT2D eigenvalue weighted by molar-refractivity contribution is 5.28. The van der Waals surface area contributed by atoms with Crippen LogP contribution in [0.1, 0.15) is 76.7 Å². The van der Waals surface area contributed by atoms with Crippen molar-refractivity contribution in [3.05, 3.63) is 42.0 Å². The molecule has 162 valence electrons. The molecule has 0 aliphatic heterocycles. The van der Waals surface area contributed by atoms with Crippen molar-refractivity contribution >= 4 is 0 Å². The normalized spacial score (nSPS) is 28.6. The molecule has 0 atom stereocenters. The summed E-state index contributed by atoms with van der Waals surface area (Å²) >= 11 is 0. The minimum atomic E-state index is -4.63. The third kappa shape index (κ3) is 7.38. The van der Waals surface area contributed by atoms with Gasteiger partial charge in [0.05, 0.1) is 0 Å². The highest BCUT2D eigenvalue weighted by Gasteiger charge is 2.31. The molecule has 0 amide bonds. The molecule has 0 heterocycles. The van der Waals surface area contributed by atoms with Crippen molar-refractivity contribution in [3.63, 3.8) is 0 Å². The van der Waals surface area contributed by atoms with Gasteiger partial charge in [-0.2, -0.15) is 0 Å². The van der Waals surface area contributed by atoms with E-state index in [-0.39, 0.29) is 5.75 Å². The number of benzene rings is 1. The number of halogens is 3. The maximum atomic E-state index is 12.2. The molecule has 0 N–H and O–H groups in total. The summed E-state index contributed by atoms with van der Waals surface area (Å²) in [7, 11) is 0. The second-order valence-electron chi connectivity index (χ2n) is 9.07. The molecule has 1 aromatic carbocycles. The van der Waals surface area contributed by atoms with Crippen LogP contribution in [-0.4, -0.2) is 6.36 Å². The second kappa shape index (κ2) is 10.5. The highest BCUT2D eigenvalue weighted by Crippen LogP contribution is 2.42. The minimum Gasteiger partial charge on any atom is -0.406 e. The van der Waals surface area contributed by atoms with Crippen LogP contribution in [-0.2, 0) is 6.42 Å². The van der Waals surface area contributed by atoms with Gasteiger partial charge in [0.15, 0.2) is 0 Å². The molecular weight excluding hydrogens is 373 g/mol. The number of hydrogen-bond donors (Lipinski definition) is 0. The quantitative estimate of drug-likeness (QED) is 0.414. The van der Waals surface area contributed by atoms with E-state index in [1.807, 2.05) is 0 Å². The summed E-state index contributed by atoms with van der Waals surface area (Å²) in [6, 6.07) is 6.16. The van der Waals surface area contributed by atoms with Crippen LogP contribution in [0.4, 0.5) is 13.2 Å². The SMILES string of the molecule is CCC1CCC(C2CCC(C/C=C\Cc3ccc(OC(F)(F)F)cc3)CC2)CC1. The molecule has 4 heteroatoms. The Bertz CT molecular complexity index is 618. The first kappa shape index (κ1) is 22.2. The van der Waals surface area contributed by atoms with Crippen molar-refractivity contribution in [3.8, 4) is 5.75 Å². The zero-order valence-electron chi connectivity index (χ0n) is 17.6. The van der Waals surface area contributed by atoms with Crippen LogP contribution in [0.25, 0.3) is 0 Å². The fraction of sp³-hybridized carbons (Fsp3) is 0.680. The molecule has 29 heavy (non-hydrogen) atoms. The summed E-state index contributed by atoms with van der Waals surface area (Å²) in [6.45, 7) is 2.33. The van der Waals surface area contributed by atoms with Gasteiger partial charge in [0, 0.05) is 0 Å². The summed E-state index contributed by atoms with van der Waals surface area (Å²) in [5, 5.41) is 0. The van der Waals surface area contributed by atoms with Gasteiger partial charge in [-0.1, -0.05) is 50.5 Å². The zero-order chi connectivity index (χ0) is 20.7. The van der Waals surface area contributed by atoms with Crippen LogP contribution in [0.15, 0.2) is 36.4 Å². The smallest absolute Gasteiger partial charge is 0.406 e. The number of hydrogen-bond acceptors (Lipinski definition) is 1. The Morgan fingerprint density at radius 2 is 1.38 bits per heavy atom. The molecule has 2 aliphatic rings. The van der Waals surface area contributed by atoms with E-state index in [0.717, 1.165) is 42.1 Å². The van der Waals surface area contributed by atoms with Gasteiger partial charge in [0.1, 0.15) is 5.75 Å². The van der Waals surface area contributed by atoms with Gasteiger partial charge in [0.25, 0.3) is 0 Å². The van der Waals surface area contributed by atoms with Gasteiger partial charge in [-0.05, 0) is 92.7 Å². The molecule has 1 nitrogen and oxygen atoms in total. The molecule has 0 radical (unpaired) electrons. The maximum Gasteiger partial charge on any atom is 0.573 e. The largest absolute Gasteiger partial charge is 0.573 e. The number of alkyl halides is 3. The first-order chi connectivity index (χ1) is 13.9. The summed E-state index contributed by atoms with van der Waals surface area (Å²) in [5.74, 6) is 3.58. The number of ether oxygens (including phenoxy) is 1. The molecule has 3 rings (SSSR count). The fourth-order valence-electron chi connectivity index (χ4n) is 5.30. The second-order valence-corrected chi connectivity index (χ2v) is 9.07. The summed E-state index contributed by atoms with van der Waals surface area (Å²) in [4.78, 5) is 0. The van der Waals surface area contributed by atoms with Gasteiger partial charge in [-0.15, -0.1) is 13.2 Å². The Balaban J connectivity index is 1.33. The van der Waals surface area contributed by atoms with Crippen LogP contribution in [0.3, 0.4) is 0 Å². The van der Waals surface area contributed by atoms with E-state index in [0.29, 0.717) is 0 Å². The number of allylic oxidation sites excluding steroid dienone is 2. The Labute approximate surface area is 173 Å². The van der Waals surface area contributed by atoms with Gasteiger partial charge in [-0.25, -0.2) is 0 Å². The molecule has 1 aromatic rings. The average Bonchev–Trinajstić information content (AvgIpc) is 2.72. The third-order valence-corrected chi connectivity index (χ3v) is 7.17. The van der Waals surface area contributed by atoms with Crippen molar-refractivity contribution in [2.75, 3.05) is 0 Å². The Hall–Kier alpha value is -1.45. The standard InChI is InChI=1S/C25H35F3O/c1-2-19-7-13-22(14-8-19)23-15-9-20(10-16-23)5-3-4-6-21-11-17-24(18-12-21)29-25(26,27)28/h3-4,11-12,17-20,22-23H,2,5-10,13-16H2,1H3/b4-3-. The fourth-order valence-corrected chi connectivity index (χ4v) is 5.30. The summed E-state index contributed by atoms with van der Waals surface area (Å²) in [6.07, 6.45) is 14.4. The lowest BCUT2D eigenvalue weighted by Gasteiger charge is -2.37.